The number of morpholine rings is 1. The highest BCUT2D eigenvalue weighted by Crippen LogP contribution is 2.36. The van der Waals surface area contributed by atoms with E-state index in [2.05, 4.69) is 31.7 Å². The Bertz CT molecular complexity index is 973. The number of aromatic amines is 1. The predicted octanol–water partition coefficient (Wildman–Crippen LogP) is 4.89. The SMILES string of the molecule is Cc1cc(NN=CC2=C(N3CCOCC3)C(=Cc3ccc(Cl)cc3Cl)CC2)n[nH]1. The van der Waals surface area contributed by atoms with Crippen molar-refractivity contribution in [2.75, 3.05) is 31.7 Å². The third kappa shape index (κ3) is 4.83. The number of aromatic nitrogens is 2. The number of allylic oxidation sites excluding steroid dienone is 2. The molecule has 0 unspecified atom stereocenters. The summed E-state index contributed by atoms with van der Waals surface area (Å²) in [6.45, 7) is 5.15. The number of hydrogen-bond acceptors (Lipinski definition) is 5. The van der Waals surface area contributed by atoms with Crippen LogP contribution in [0.4, 0.5) is 5.82 Å². The molecular weight excluding hydrogens is 409 g/mol. The van der Waals surface area contributed by atoms with Gasteiger partial charge in [0.25, 0.3) is 0 Å². The second-order valence-corrected chi connectivity index (χ2v) is 7.96. The molecule has 2 aliphatic rings. The van der Waals surface area contributed by atoms with E-state index in [1.165, 1.54) is 16.8 Å². The minimum Gasteiger partial charge on any atom is -0.378 e. The molecule has 1 aliphatic carbocycles. The highest BCUT2D eigenvalue weighted by Gasteiger charge is 2.25. The van der Waals surface area contributed by atoms with Crippen molar-refractivity contribution in [1.82, 2.24) is 15.1 Å². The summed E-state index contributed by atoms with van der Waals surface area (Å²) in [4.78, 5) is 2.38. The Morgan fingerprint density at radius 3 is 2.76 bits per heavy atom. The van der Waals surface area contributed by atoms with Crippen molar-refractivity contribution in [2.45, 2.75) is 19.8 Å². The minimum atomic E-state index is 0.639. The first-order chi connectivity index (χ1) is 14.1. The van der Waals surface area contributed by atoms with Crippen LogP contribution in [0.2, 0.25) is 10.0 Å². The average Bonchev–Trinajstić information content (AvgIpc) is 3.31. The van der Waals surface area contributed by atoms with Crippen LogP contribution in [-0.2, 0) is 4.74 Å². The standard InChI is InChI=1S/C21H23Cl2N5O/c1-14-10-20(27-25-14)26-24-13-17-3-2-16(21(17)28-6-8-29-9-7-28)11-15-4-5-18(22)12-19(15)23/h4-5,10-13H,2-3,6-9H2,1H3,(H2,25,26,27). The maximum Gasteiger partial charge on any atom is 0.168 e. The summed E-state index contributed by atoms with van der Waals surface area (Å²) in [5.41, 5.74) is 8.63. The number of hydrogen-bond donors (Lipinski definition) is 2. The van der Waals surface area contributed by atoms with Gasteiger partial charge in [-0.05, 0) is 54.7 Å². The molecule has 1 fully saturated rings. The largest absolute Gasteiger partial charge is 0.378 e. The van der Waals surface area contributed by atoms with Crippen molar-refractivity contribution in [3.63, 3.8) is 0 Å². The van der Waals surface area contributed by atoms with Crippen LogP contribution in [0.1, 0.15) is 24.1 Å². The van der Waals surface area contributed by atoms with Crippen LogP contribution >= 0.6 is 23.2 Å². The van der Waals surface area contributed by atoms with Crippen LogP contribution in [0.3, 0.4) is 0 Å². The average molecular weight is 432 g/mol. The minimum absolute atomic E-state index is 0.639. The van der Waals surface area contributed by atoms with Gasteiger partial charge in [0.2, 0.25) is 0 Å². The van der Waals surface area contributed by atoms with E-state index in [1.54, 1.807) is 6.07 Å². The number of anilines is 1. The highest BCUT2D eigenvalue weighted by molar-refractivity contribution is 6.35. The molecule has 2 N–H and O–H groups in total. The van der Waals surface area contributed by atoms with Crippen LogP contribution in [0.25, 0.3) is 6.08 Å². The molecule has 1 aliphatic heterocycles. The fourth-order valence-corrected chi connectivity index (χ4v) is 4.09. The number of ether oxygens (including phenoxy) is 1. The lowest BCUT2D eigenvalue weighted by Crippen LogP contribution is -2.36. The summed E-state index contributed by atoms with van der Waals surface area (Å²) in [6, 6.07) is 7.52. The lowest BCUT2D eigenvalue weighted by Gasteiger charge is -2.31. The Balaban J connectivity index is 1.63. The predicted molar refractivity (Wildman–Crippen MR) is 119 cm³/mol. The topological polar surface area (TPSA) is 65.5 Å². The Kier molecular flexibility index (Phi) is 6.23. The van der Waals surface area contributed by atoms with Gasteiger partial charge in [-0.2, -0.15) is 10.2 Å². The summed E-state index contributed by atoms with van der Waals surface area (Å²) in [7, 11) is 0. The normalized spacial score (nSPS) is 19.0. The molecule has 2 heterocycles. The molecule has 152 valence electrons. The fourth-order valence-electron chi connectivity index (χ4n) is 3.63. The lowest BCUT2D eigenvalue weighted by atomic mass is 10.1. The number of rotatable bonds is 5. The third-order valence-electron chi connectivity index (χ3n) is 5.00. The van der Waals surface area contributed by atoms with Crippen molar-refractivity contribution >= 4 is 41.3 Å². The second kappa shape index (κ2) is 9.03. The molecule has 0 amide bonds. The van der Waals surface area contributed by atoms with E-state index >= 15 is 0 Å². The van der Waals surface area contributed by atoms with Gasteiger partial charge in [0.15, 0.2) is 5.82 Å². The van der Waals surface area contributed by atoms with Gasteiger partial charge >= 0.3 is 0 Å². The Morgan fingerprint density at radius 1 is 1.21 bits per heavy atom. The van der Waals surface area contributed by atoms with Gasteiger partial charge in [0.05, 0.1) is 19.4 Å². The summed E-state index contributed by atoms with van der Waals surface area (Å²) < 4.78 is 5.54. The second-order valence-electron chi connectivity index (χ2n) is 7.11. The Hall–Kier alpha value is -2.28. The van der Waals surface area contributed by atoms with Crippen molar-refractivity contribution in [2.24, 2.45) is 5.10 Å². The van der Waals surface area contributed by atoms with Gasteiger partial charge in [0.1, 0.15) is 0 Å². The van der Waals surface area contributed by atoms with Gasteiger partial charge < -0.3 is 9.64 Å². The molecule has 2 aromatic rings. The van der Waals surface area contributed by atoms with Crippen molar-refractivity contribution in [1.29, 1.82) is 0 Å². The first-order valence-electron chi connectivity index (χ1n) is 9.63. The number of H-pyrrole nitrogens is 1. The van der Waals surface area contributed by atoms with Gasteiger partial charge in [-0.15, -0.1) is 0 Å². The first-order valence-corrected chi connectivity index (χ1v) is 10.4. The number of halogens is 2. The maximum absolute atomic E-state index is 6.41. The highest BCUT2D eigenvalue weighted by atomic mass is 35.5. The Labute approximate surface area is 180 Å². The van der Waals surface area contributed by atoms with Crippen molar-refractivity contribution in [3.8, 4) is 0 Å². The van der Waals surface area contributed by atoms with E-state index < -0.39 is 0 Å². The van der Waals surface area contributed by atoms with E-state index in [1.807, 2.05) is 31.3 Å². The van der Waals surface area contributed by atoms with Crippen molar-refractivity contribution < 1.29 is 4.74 Å². The smallest absolute Gasteiger partial charge is 0.168 e. The van der Waals surface area contributed by atoms with Gasteiger partial charge in [-0.25, -0.2) is 0 Å². The number of nitrogens with one attached hydrogen (secondary N) is 2. The van der Waals surface area contributed by atoms with Crippen molar-refractivity contribution in [3.05, 3.63) is 62.4 Å². The number of aryl methyl sites for hydroxylation is 1. The molecule has 0 atom stereocenters. The van der Waals surface area contributed by atoms with Crippen LogP contribution < -0.4 is 5.43 Å². The third-order valence-corrected chi connectivity index (χ3v) is 5.56. The van der Waals surface area contributed by atoms with Crippen LogP contribution in [0.5, 0.6) is 0 Å². The van der Waals surface area contributed by atoms with Crippen LogP contribution in [0, 0.1) is 6.92 Å². The molecule has 1 saturated heterocycles. The van der Waals surface area contributed by atoms with E-state index in [0.29, 0.717) is 15.9 Å². The van der Waals surface area contributed by atoms with E-state index in [4.69, 9.17) is 27.9 Å². The molecule has 0 saturated carbocycles. The monoisotopic (exact) mass is 431 g/mol. The summed E-state index contributed by atoms with van der Waals surface area (Å²) in [5.74, 6) is 0.703. The number of hydrazone groups is 1. The van der Waals surface area contributed by atoms with E-state index in [0.717, 1.165) is 50.4 Å². The molecule has 0 bridgehead atoms. The summed E-state index contributed by atoms with van der Waals surface area (Å²) in [5, 5.41) is 12.8. The molecule has 0 radical (unpaired) electrons. The molecule has 4 rings (SSSR count). The van der Waals surface area contributed by atoms with Crippen LogP contribution in [-0.4, -0.2) is 47.6 Å². The molecule has 29 heavy (non-hydrogen) atoms. The van der Waals surface area contributed by atoms with Gasteiger partial charge in [-0.3, -0.25) is 10.5 Å². The number of nitrogens with zero attached hydrogens (tertiary/aromatic N) is 3. The first kappa shape index (κ1) is 20.0. The van der Waals surface area contributed by atoms with E-state index in [-0.39, 0.29) is 0 Å². The Morgan fingerprint density at radius 2 is 2.03 bits per heavy atom. The molecule has 6 nitrogen and oxygen atoms in total. The zero-order valence-corrected chi connectivity index (χ0v) is 17.7. The molecule has 1 aromatic carbocycles. The van der Waals surface area contributed by atoms with Gasteiger partial charge in [0, 0.05) is 40.6 Å². The lowest BCUT2D eigenvalue weighted by molar-refractivity contribution is 0.0548. The fraction of sp³-hybridized carbons (Fsp3) is 0.333. The maximum atomic E-state index is 6.41. The zero-order chi connectivity index (χ0) is 20.2. The van der Waals surface area contributed by atoms with E-state index in [9.17, 15) is 0 Å². The quantitative estimate of drug-likeness (QED) is 0.522. The molecule has 8 heteroatoms. The summed E-state index contributed by atoms with van der Waals surface area (Å²) in [6.07, 6.45) is 5.93. The molecular formula is C21H23Cl2N5O. The van der Waals surface area contributed by atoms with Gasteiger partial charge in [-0.1, -0.05) is 29.3 Å². The van der Waals surface area contributed by atoms with Crippen LogP contribution in [0.15, 0.2) is 46.2 Å². The number of benzene rings is 1. The molecule has 1 aromatic heterocycles. The molecule has 0 spiro atoms. The summed E-state index contributed by atoms with van der Waals surface area (Å²) >= 11 is 12.5. The zero-order valence-electron chi connectivity index (χ0n) is 16.2.